The minimum Gasteiger partial charge on any atom is -0.382 e. The van der Waals surface area contributed by atoms with Crippen molar-refractivity contribution in [3.63, 3.8) is 0 Å². The van der Waals surface area contributed by atoms with Gasteiger partial charge in [-0.1, -0.05) is 6.32 Å². The van der Waals surface area contributed by atoms with Crippen LogP contribution in [0.1, 0.15) is 0 Å². The monoisotopic (exact) mass is 158 g/mol. The molecule has 0 saturated carbocycles. The Hall–Kier alpha value is -0.0551. The lowest BCUT2D eigenvalue weighted by molar-refractivity contribution is 0.0281. The molecule has 0 fully saturated rings. The highest BCUT2D eigenvalue weighted by molar-refractivity contribution is 6.08. The van der Waals surface area contributed by atoms with Crippen molar-refractivity contribution in [2.75, 3.05) is 40.1 Å². The van der Waals surface area contributed by atoms with Gasteiger partial charge in [0.05, 0.1) is 34.3 Å². The van der Waals surface area contributed by atoms with Crippen LogP contribution in [0.25, 0.3) is 0 Å². The van der Waals surface area contributed by atoms with E-state index in [-0.39, 0.29) is 0 Å². The highest BCUT2D eigenvalue weighted by Gasteiger charge is 1.87. The summed E-state index contributed by atoms with van der Waals surface area (Å²) in [6, 6.07) is 0. The van der Waals surface area contributed by atoms with E-state index in [9.17, 15) is 0 Å². The molecule has 0 bridgehead atoms. The summed E-state index contributed by atoms with van der Waals surface area (Å²) >= 11 is 0. The summed E-state index contributed by atoms with van der Waals surface area (Å²) in [6.45, 7) is 3.09. The quantitative estimate of drug-likeness (QED) is 0.374. The van der Waals surface area contributed by atoms with Crippen LogP contribution in [0.3, 0.4) is 0 Å². The van der Waals surface area contributed by atoms with E-state index in [1.807, 2.05) is 0 Å². The van der Waals surface area contributed by atoms with Crippen LogP contribution < -0.4 is 0 Å². The van der Waals surface area contributed by atoms with Crippen LogP contribution in [0.4, 0.5) is 0 Å². The van der Waals surface area contributed by atoms with Crippen LogP contribution in [-0.2, 0) is 14.2 Å². The molecule has 11 heavy (non-hydrogen) atoms. The van der Waals surface area contributed by atoms with E-state index in [1.165, 1.54) is 0 Å². The lowest BCUT2D eigenvalue weighted by Crippen LogP contribution is -2.08. The predicted molar refractivity (Wildman–Crippen MR) is 44.1 cm³/mol. The lowest BCUT2D eigenvalue weighted by atomic mass is 10.1. The van der Waals surface area contributed by atoms with Gasteiger partial charge in [-0.25, -0.2) is 0 Å². The molecule has 0 N–H and O–H groups in total. The van der Waals surface area contributed by atoms with Gasteiger partial charge in [0.1, 0.15) is 0 Å². The molecule has 0 aliphatic heterocycles. The van der Waals surface area contributed by atoms with Crippen molar-refractivity contribution in [3.05, 3.63) is 0 Å². The van der Waals surface area contributed by atoms with E-state index in [1.54, 1.807) is 7.11 Å². The van der Waals surface area contributed by atoms with Crippen molar-refractivity contribution < 1.29 is 14.2 Å². The van der Waals surface area contributed by atoms with Gasteiger partial charge in [-0.15, -0.1) is 0 Å². The van der Waals surface area contributed by atoms with Gasteiger partial charge in [0.25, 0.3) is 0 Å². The minimum atomic E-state index is 0.568. The second-order valence-corrected chi connectivity index (χ2v) is 2.01. The molecule has 0 aromatic rings. The van der Waals surface area contributed by atoms with Crippen LogP contribution >= 0.6 is 0 Å². The Morgan fingerprint density at radius 3 is 2.00 bits per heavy atom. The first-order chi connectivity index (χ1) is 5.41. The predicted octanol–water partition coefficient (Wildman–Crippen LogP) is 0.253. The molecule has 0 amide bonds. The Morgan fingerprint density at radius 1 is 0.909 bits per heavy atom. The molecule has 0 spiro atoms. The SMILES string of the molecule is [B]CCOCCOCCOC. The maximum absolute atomic E-state index is 5.21. The Bertz CT molecular complexity index is 62.7. The molecule has 3 nitrogen and oxygen atoms in total. The van der Waals surface area contributed by atoms with Crippen LogP contribution in [0, 0.1) is 0 Å². The van der Waals surface area contributed by atoms with Gasteiger partial charge in [-0.2, -0.15) is 0 Å². The Labute approximate surface area is 69.4 Å². The summed E-state index contributed by atoms with van der Waals surface area (Å²) in [5.74, 6) is 0. The van der Waals surface area contributed by atoms with E-state index in [4.69, 9.17) is 22.1 Å². The topological polar surface area (TPSA) is 27.7 Å². The van der Waals surface area contributed by atoms with Crippen molar-refractivity contribution in [2.45, 2.75) is 6.32 Å². The average Bonchev–Trinajstić information content (AvgIpc) is 2.03. The van der Waals surface area contributed by atoms with Crippen molar-refractivity contribution in [1.29, 1.82) is 0 Å². The molecule has 0 aromatic carbocycles. The van der Waals surface area contributed by atoms with Crippen molar-refractivity contribution in [2.24, 2.45) is 0 Å². The lowest BCUT2D eigenvalue weighted by Gasteiger charge is -2.03. The van der Waals surface area contributed by atoms with E-state index in [2.05, 4.69) is 0 Å². The van der Waals surface area contributed by atoms with Crippen molar-refractivity contribution in [3.8, 4) is 0 Å². The first-order valence-electron chi connectivity index (χ1n) is 3.76. The average molecular weight is 158 g/mol. The van der Waals surface area contributed by atoms with Crippen LogP contribution in [0.15, 0.2) is 0 Å². The van der Waals surface area contributed by atoms with Gasteiger partial charge < -0.3 is 14.2 Å². The van der Waals surface area contributed by atoms with E-state index in [0.29, 0.717) is 39.4 Å². The molecule has 0 heterocycles. The molecule has 2 radical (unpaired) electrons. The molecule has 0 unspecified atom stereocenters. The third-order valence-corrected chi connectivity index (χ3v) is 1.07. The molecule has 0 rings (SSSR count). The number of methoxy groups -OCH3 is 1. The normalized spacial score (nSPS) is 10.3. The second-order valence-electron chi connectivity index (χ2n) is 2.01. The molecule has 64 valence electrons. The first-order valence-corrected chi connectivity index (χ1v) is 3.76. The molecular formula is C7H15BO3. The summed E-state index contributed by atoms with van der Waals surface area (Å²) in [5.41, 5.74) is 0. The summed E-state index contributed by atoms with van der Waals surface area (Å²) in [4.78, 5) is 0. The number of hydrogen-bond donors (Lipinski definition) is 0. The molecule has 0 aromatic heterocycles. The fraction of sp³-hybridized carbons (Fsp3) is 1.00. The van der Waals surface area contributed by atoms with Crippen molar-refractivity contribution in [1.82, 2.24) is 0 Å². The van der Waals surface area contributed by atoms with Crippen LogP contribution in [0.2, 0.25) is 6.32 Å². The largest absolute Gasteiger partial charge is 0.382 e. The van der Waals surface area contributed by atoms with Gasteiger partial charge >= 0.3 is 0 Å². The third kappa shape index (κ3) is 9.94. The van der Waals surface area contributed by atoms with Crippen molar-refractivity contribution >= 4 is 7.85 Å². The zero-order valence-corrected chi connectivity index (χ0v) is 7.04. The second kappa shape index (κ2) is 9.94. The zero-order chi connectivity index (χ0) is 8.36. The molecular weight excluding hydrogens is 143 g/mol. The maximum Gasteiger partial charge on any atom is 0.0701 e. The van der Waals surface area contributed by atoms with Crippen LogP contribution in [-0.4, -0.2) is 48.0 Å². The summed E-state index contributed by atoms with van der Waals surface area (Å²) in [7, 11) is 6.85. The first kappa shape index (κ1) is 10.9. The summed E-state index contributed by atoms with van der Waals surface area (Å²) in [5, 5.41) is 0. The van der Waals surface area contributed by atoms with Crippen LogP contribution in [0.5, 0.6) is 0 Å². The molecule has 0 aliphatic rings. The van der Waals surface area contributed by atoms with Gasteiger partial charge in [0.2, 0.25) is 0 Å². The standard InChI is InChI=1S/C7H15BO3/c1-9-4-5-11-7-6-10-3-2-8/h2-7H2,1H3. The molecule has 0 saturated heterocycles. The fourth-order valence-electron chi connectivity index (χ4n) is 0.548. The Morgan fingerprint density at radius 2 is 1.45 bits per heavy atom. The fourth-order valence-corrected chi connectivity index (χ4v) is 0.548. The Balaban J connectivity index is 2.69. The third-order valence-electron chi connectivity index (χ3n) is 1.07. The van der Waals surface area contributed by atoms with Gasteiger partial charge in [-0.3, -0.25) is 0 Å². The van der Waals surface area contributed by atoms with E-state index >= 15 is 0 Å². The van der Waals surface area contributed by atoms with E-state index in [0.717, 1.165) is 0 Å². The highest BCUT2D eigenvalue weighted by atomic mass is 16.5. The smallest absolute Gasteiger partial charge is 0.0701 e. The zero-order valence-electron chi connectivity index (χ0n) is 7.04. The van der Waals surface area contributed by atoms with Gasteiger partial charge in [0, 0.05) is 13.7 Å². The minimum absolute atomic E-state index is 0.568. The number of ether oxygens (including phenoxy) is 3. The van der Waals surface area contributed by atoms with E-state index < -0.39 is 0 Å². The molecule has 4 heteroatoms. The van der Waals surface area contributed by atoms with Gasteiger partial charge in [-0.05, 0) is 0 Å². The summed E-state index contributed by atoms with van der Waals surface area (Å²) in [6.07, 6.45) is 0.568. The number of hydrogen-bond acceptors (Lipinski definition) is 3. The van der Waals surface area contributed by atoms with Gasteiger partial charge in [0.15, 0.2) is 0 Å². The Kier molecular flexibility index (Phi) is 9.90. The highest BCUT2D eigenvalue weighted by Crippen LogP contribution is 1.80. The maximum atomic E-state index is 5.21. The summed E-state index contributed by atoms with van der Waals surface area (Å²) < 4.78 is 15.0. The molecule has 0 atom stereocenters. The number of rotatable bonds is 8. The molecule has 0 aliphatic carbocycles.